The van der Waals surface area contributed by atoms with E-state index in [2.05, 4.69) is 20.2 Å². The number of nitrogens with one attached hydrogen (secondary N) is 1. The fraction of sp³-hybridized carbons (Fsp3) is 0.261. The van der Waals surface area contributed by atoms with Gasteiger partial charge in [0.05, 0.1) is 6.04 Å². The summed E-state index contributed by atoms with van der Waals surface area (Å²) in [4.78, 5) is 23.3. The molecule has 0 bridgehead atoms. The minimum absolute atomic E-state index is 0.0213. The maximum absolute atomic E-state index is 13.0. The van der Waals surface area contributed by atoms with Gasteiger partial charge in [0.1, 0.15) is 6.33 Å². The predicted molar refractivity (Wildman–Crippen MR) is 112 cm³/mol. The number of benzene rings is 2. The normalized spacial score (nSPS) is 17.8. The van der Waals surface area contributed by atoms with E-state index >= 15 is 0 Å². The Morgan fingerprint density at radius 1 is 1.07 bits per heavy atom. The third kappa shape index (κ3) is 3.71. The Balaban J connectivity index is 1.26. The van der Waals surface area contributed by atoms with Crippen LogP contribution < -0.4 is 14.8 Å². The van der Waals surface area contributed by atoms with Gasteiger partial charge in [0, 0.05) is 35.8 Å². The molecule has 0 radical (unpaired) electrons. The summed E-state index contributed by atoms with van der Waals surface area (Å²) in [6.45, 7) is 1.80. The van der Waals surface area contributed by atoms with E-state index in [1.165, 1.54) is 6.33 Å². The quantitative estimate of drug-likeness (QED) is 0.704. The number of fused-ring (bicyclic) bond motifs is 1. The second kappa shape index (κ2) is 8.12. The summed E-state index contributed by atoms with van der Waals surface area (Å²) in [5.41, 5.74) is 3.79. The van der Waals surface area contributed by atoms with Crippen molar-refractivity contribution in [2.45, 2.75) is 25.4 Å². The molecular weight excluding hydrogens is 380 g/mol. The zero-order valence-corrected chi connectivity index (χ0v) is 16.5. The Bertz CT molecular complexity index is 1040. The van der Waals surface area contributed by atoms with Crippen LogP contribution in [0.5, 0.6) is 11.5 Å². The largest absolute Gasteiger partial charge is 0.454 e. The SMILES string of the molecule is O=C(Nc1ccc(-c2cncnc2)cc1)C1CCCN1Cc1cccc2c1OCO2. The molecule has 7 heteroatoms. The number of nitrogens with zero attached hydrogens (tertiary/aromatic N) is 3. The number of ether oxygens (including phenoxy) is 2. The van der Waals surface area contributed by atoms with Crippen molar-refractivity contribution in [3.05, 3.63) is 66.7 Å². The molecule has 2 aliphatic rings. The summed E-state index contributed by atoms with van der Waals surface area (Å²) < 4.78 is 11.1. The molecule has 30 heavy (non-hydrogen) atoms. The zero-order chi connectivity index (χ0) is 20.3. The molecular formula is C23H22N4O3. The van der Waals surface area contributed by atoms with E-state index in [4.69, 9.17) is 9.47 Å². The number of amides is 1. The van der Waals surface area contributed by atoms with Crippen molar-refractivity contribution in [3.8, 4) is 22.6 Å². The Morgan fingerprint density at radius 2 is 1.90 bits per heavy atom. The highest BCUT2D eigenvalue weighted by Crippen LogP contribution is 2.37. The second-order valence-corrected chi connectivity index (χ2v) is 7.47. The van der Waals surface area contributed by atoms with Crippen molar-refractivity contribution in [3.63, 3.8) is 0 Å². The van der Waals surface area contributed by atoms with E-state index in [1.54, 1.807) is 12.4 Å². The molecule has 2 aromatic carbocycles. The Labute approximate surface area is 174 Å². The van der Waals surface area contributed by atoms with E-state index in [0.29, 0.717) is 6.54 Å². The lowest BCUT2D eigenvalue weighted by Crippen LogP contribution is -2.39. The van der Waals surface area contributed by atoms with Crippen LogP contribution in [0.1, 0.15) is 18.4 Å². The van der Waals surface area contributed by atoms with Crippen LogP contribution in [0.25, 0.3) is 11.1 Å². The van der Waals surface area contributed by atoms with Crippen LogP contribution in [-0.4, -0.2) is 40.2 Å². The standard InChI is InChI=1S/C23H22N4O3/c28-23(26-19-8-6-16(7-9-19)18-11-24-14-25-12-18)20-4-2-10-27(20)13-17-3-1-5-21-22(17)30-15-29-21/h1,3,5-9,11-12,14,20H,2,4,10,13,15H2,(H,26,28). The summed E-state index contributed by atoms with van der Waals surface area (Å²) in [5.74, 6) is 1.59. The van der Waals surface area contributed by atoms with Gasteiger partial charge in [0.25, 0.3) is 0 Å². The first-order valence-corrected chi connectivity index (χ1v) is 10.1. The third-order valence-corrected chi connectivity index (χ3v) is 5.56. The van der Waals surface area contributed by atoms with Gasteiger partial charge in [0.2, 0.25) is 12.7 Å². The molecule has 2 aliphatic heterocycles. The van der Waals surface area contributed by atoms with Crippen molar-refractivity contribution in [1.82, 2.24) is 14.9 Å². The van der Waals surface area contributed by atoms with Gasteiger partial charge in [0.15, 0.2) is 11.5 Å². The number of rotatable bonds is 5. The molecule has 5 rings (SSSR count). The first-order valence-electron chi connectivity index (χ1n) is 10.1. The van der Waals surface area contributed by atoms with E-state index in [9.17, 15) is 4.79 Å². The van der Waals surface area contributed by atoms with Crippen molar-refractivity contribution >= 4 is 11.6 Å². The molecule has 7 nitrogen and oxygen atoms in total. The Morgan fingerprint density at radius 3 is 2.73 bits per heavy atom. The number of para-hydroxylation sites is 1. The minimum Gasteiger partial charge on any atom is -0.454 e. The molecule has 1 atom stereocenters. The van der Waals surface area contributed by atoms with E-state index < -0.39 is 0 Å². The van der Waals surface area contributed by atoms with Crippen molar-refractivity contribution in [2.24, 2.45) is 0 Å². The van der Waals surface area contributed by atoms with Crippen LogP contribution in [0.15, 0.2) is 61.2 Å². The fourth-order valence-corrected chi connectivity index (χ4v) is 4.07. The van der Waals surface area contributed by atoms with Crippen molar-refractivity contribution in [1.29, 1.82) is 0 Å². The van der Waals surface area contributed by atoms with Crippen LogP contribution in [0.3, 0.4) is 0 Å². The van der Waals surface area contributed by atoms with Crippen LogP contribution in [-0.2, 0) is 11.3 Å². The van der Waals surface area contributed by atoms with Crippen molar-refractivity contribution in [2.75, 3.05) is 18.7 Å². The molecule has 0 saturated carbocycles. The maximum atomic E-state index is 13.0. The molecule has 1 N–H and O–H groups in total. The molecule has 0 spiro atoms. The number of hydrogen-bond acceptors (Lipinski definition) is 6. The van der Waals surface area contributed by atoms with Gasteiger partial charge in [-0.25, -0.2) is 9.97 Å². The lowest BCUT2D eigenvalue weighted by molar-refractivity contribution is -0.120. The first-order chi connectivity index (χ1) is 14.8. The topological polar surface area (TPSA) is 76.6 Å². The third-order valence-electron chi connectivity index (χ3n) is 5.56. The fourth-order valence-electron chi connectivity index (χ4n) is 4.07. The van der Waals surface area contributed by atoms with Gasteiger partial charge in [-0.05, 0) is 43.1 Å². The van der Waals surface area contributed by atoms with E-state index in [-0.39, 0.29) is 18.7 Å². The smallest absolute Gasteiger partial charge is 0.241 e. The molecule has 0 aliphatic carbocycles. The van der Waals surface area contributed by atoms with Gasteiger partial charge < -0.3 is 14.8 Å². The minimum atomic E-state index is -0.162. The van der Waals surface area contributed by atoms with E-state index in [0.717, 1.165) is 53.3 Å². The summed E-state index contributed by atoms with van der Waals surface area (Å²) in [6, 6.07) is 13.5. The number of carbonyl (C=O) groups is 1. The maximum Gasteiger partial charge on any atom is 0.241 e. The molecule has 152 valence electrons. The lowest BCUT2D eigenvalue weighted by atomic mass is 10.1. The van der Waals surface area contributed by atoms with E-state index in [1.807, 2.05) is 42.5 Å². The molecule has 1 saturated heterocycles. The summed E-state index contributed by atoms with van der Waals surface area (Å²) >= 11 is 0. The number of anilines is 1. The van der Waals surface area contributed by atoms with Gasteiger partial charge in [-0.2, -0.15) is 0 Å². The number of aromatic nitrogens is 2. The van der Waals surface area contributed by atoms with Crippen molar-refractivity contribution < 1.29 is 14.3 Å². The van der Waals surface area contributed by atoms with Gasteiger partial charge in [-0.1, -0.05) is 24.3 Å². The molecule has 1 fully saturated rings. The van der Waals surface area contributed by atoms with Gasteiger partial charge >= 0.3 is 0 Å². The second-order valence-electron chi connectivity index (χ2n) is 7.47. The molecule has 1 amide bonds. The van der Waals surface area contributed by atoms with Crippen LogP contribution in [0.2, 0.25) is 0 Å². The van der Waals surface area contributed by atoms with Gasteiger partial charge in [-0.15, -0.1) is 0 Å². The average molecular weight is 402 g/mol. The monoisotopic (exact) mass is 402 g/mol. The van der Waals surface area contributed by atoms with Crippen LogP contribution in [0.4, 0.5) is 5.69 Å². The average Bonchev–Trinajstić information content (AvgIpc) is 3.45. The first kappa shape index (κ1) is 18.6. The van der Waals surface area contributed by atoms with Crippen LogP contribution >= 0.6 is 0 Å². The summed E-state index contributed by atoms with van der Waals surface area (Å²) in [7, 11) is 0. The Kier molecular flexibility index (Phi) is 5.03. The highest BCUT2D eigenvalue weighted by molar-refractivity contribution is 5.95. The highest BCUT2D eigenvalue weighted by Gasteiger charge is 2.32. The predicted octanol–water partition coefficient (Wildman–Crippen LogP) is 3.48. The number of hydrogen-bond donors (Lipinski definition) is 1. The number of carbonyl (C=O) groups excluding carboxylic acids is 1. The van der Waals surface area contributed by atoms with Gasteiger partial charge in [-0.3, -0.25) is 9.69 Å². The van der Waals surface area contributed by atoms with Crippen LogP contribution in [0, 0.1) is 0 Å². The number of likely N-dealkylation sites (tertiary alicyclic amines) is 1. The summed E-state index contributed by atoms with van der Waals surface area (Å²) in [5, 5.41) is 3.06. The highest BCUT2D eigenvalue weighted by atomic mass is 16.7. The molecule has 3 aromatic rings. The molecule has 1 unspecified atom stereocenters. The lowest BCUT2D eigenvalue weighted by Gasteiger charge is -2.24. The Hall–Kier alpha value is -3.45. The zero-order valence-electron chi connectivity index (χ0n) is 16.5. The summed E-state index contributed by atoms with van der Waals surface area (Å²) in [6.07, 6.45) is 6.89. The molecule has 3 heterocycles. The molecule has 1 aromatic heterocycles.